The van der Waals surface area contributed by atoms with Crippen LogP contribution in [-0.4, -0.2) is 21.8 Å². The molecule has 0 aromatic carbocycles. The van der Waals surface area contributed by atoms with E-state index in [1.165, 1.54) is 0 Å². The number of nitrogens with one attached hydrogen (secondary N) is 1. The molecule has 0 aliphatic heterocycles. The standard InChI is InChI=1S/C13H17N5O/c1-2-8-19-13-11(14)5-6-12(17-13)15-9-10-4-3-7-16-18-10/h3-7H,2,8-9,14H2,1H3,(H,15,17). The number of nitrogens with two attached hydrogens (primary N) is 1. The summed E-state index contributed by atoms with van der Waals surface area (Å²) < 4.78 is 5.47. The lowest BCUT2D eigenvalue weighted by Gasteiger charge is -2.10. The fourth-order valence-corrected chi connectivity index (χ4v) is 1.47. The van der Waals surface area contributed by atoms with Crippen LogP contribution in [0.3, 0.4) is 0 Å². The highest BCUT2D eigenvalue weighted by Crippen LogP contribution is 2.21. The minimum atomic E-state index is 0.464. The van der Waals surface area contributed by atoms with E-state index in [1.807, 2.05) is 25.1 Å². The van der Waals surface area contributed by atoms with Crippen molar-refractivity contribution < 1.29 is 4.74 Å². The Labute approximate surface area is 112 Å². The number of hydrogen-bond donors (Lipinski definition) is 2. The summed E-state index contributed by atoms with van der Waals surface area (Å²) in [6.45, 7) is 3.19. The van der Waals surface area contributed by atoms with Gasteiger partial charge in [-0.3, -0.25) is 0 Å². The Morgan fingerprint density at radius 2 is 2.21 bits per heavy atom. The largest absolute Gasteiger partial charge is 0.476 e. The van der Waals surface area contributed by atoms with Crippen molar-refractivity contribution in [1.29, 1.82) is 0 Å². The van der Waals surface area contributed by atoms with Crippen molar-refractivity contribution in [3.8, 4) is 5.88 Å². The maximum atomic E-state index is 5.80. The topological polar surface area (TPSA) is 86.0 Å². The molecule has 0 bridgehead atoms. The van der Waals surface area contributed by atoms with E-state index in [4.69, 9.17) is 10.5 Å². The van der Waals surface area contributed by atoms with E-state index in [1.54, 1.807) is 12.3 Å². The number of nitrogen functional groups attached to an aromatic ring is 1. The molecule has 0 radical (unpaired) electrons. The van der Waals surface area contributed by atoms with Crippen LogP contribution in [-0.2, 0) is 6.54 Å². The zero-order valence-corrected chi connectivity index (χ0v) is 10.8. The molecular formula is C13H17N5O. The first-order chi connectivity index (χ1) is 9.29. The highest BCUT2D eigenvalue weighted by Gasteiger charge is 2.04. The number of pyridine rings is 1. The molecule has 0 saturated carbocycles. The lowest BCUT2D eigenvalue weighted by molar-refractivity contribution is 0.307. The van der Waals surface area contributed by atoms with Gasteiger partial charge in [-0.25, -0.2) is 0 Å². The van der Waals surface area contributed by atoms with E-state index < -0.39 is 0 Å². The van der Waals surface area contributed by atoms with Gasteiger partial charge in [0.2, 0.25) is 5.88 Å². The minimum Gasteiger partial charge on any atom is -0.476 e. The lowest BCUT2D eigenvalue weighted by Crippen LogP contribution is -2.06. The second-order valence-electron chi connectivity index (χ2n) is 4.01. The van der Waals surface area contributed by atoms with Gasteiger partial charge in [0.05, 0.1) is 24.5 Å². The fourth-order valence-electron chi connectivity index (χ4n) is 1.47. The molecule has 19 heavy (non-hydrogen) atoms. The molecule has 0 aliphatic carbocycles. The highest BCUT2D eigenvalue weighted by molar-refractivity contribution is 5.53. The average molecular weight is 259 g/mol. The molecule has 0 amide bonds. The molecular weight excluding hydrogens is 242 g/mol. The summed E-state index contributed by atoms with van der Waals surface area (Å²) in [5, 5.41) is 11.0. The summed E-state index contributed by atoms with van der Waals surface area (Å²) in [6.07, 6.45) is 2.56. The maximum absolute atomic E-state index is 5.80. The van der Waals surface area contributed by atoms with Gasteiger partial charge in [-0.15, -0.1) is 0 Å². The van der Waals surface area contributed by atoms with E-state index in [2.05, 4.69) is 20.5 Å². The minimum absolute atomic E-state index is 0.464. The molecule has 0 fully saturated rings. The van der Waals surface area contributed by atoms with Gasteiger partial charge >= 0.3 is 0 Å². The van der Waals surface area contributed by atoms with Gasteiger partial charge in [0.25, 0.3) is 0 Å². The van der Waals surface area contributed by atoms with E-state index >= 15 is 0 Å². The van der Waals surface area contributed by atoms with Crippen molar-refractivity contribution in [2.75, 3.05) is 17.7 Å². The van der Waals surface area contributed by atoms with Crippen LogP contribution >= 0.6 is 0 Å². The molecule has 6 nitrogen and oxygen atoms in total. The highest BCUT2D eigenvalue weighted by atomic mass is 16.5. The molecule has 2 aromatic rings. The average Bonchev–Trinajstić information content (AvgIpc) is 2.46. The second kappa shape index (κ2) is 6.53. The molecule has 0 unspecified atom stereocenters. The Bertz CT molecular complexity index is 518. The van der Waals surface area contributed by atoms with Crippen molar-refractivity contribution in [1.82, 2.24) is 15.2 Å². The second-order valence-corrected chi connectivity index (χ2v) is 4.01. The van der Waals surface area contributed by atoms with Crippen LogP contribution in [0.1, 0.15) is 19.0 Å². The molecule has 2 aromatic heterocycles. The number of ether oxygens (including phenoxy) is 1. The quantitative estimate of drug-likeness (QED) is 0.823. The predicted molar refractivity (Wildman–Crippen MR) is 73.8 cm³/mol. The summed E-state index contributed by atoms with van der Waals surface area (Å²) in [6, 6.07) is 7.32. The van der Waals surface area contributed by atoms with Crippen LogP contribution in [0.5, 0.6) is 5.88 Å². The molecule has 3 N–H and O–H groups in total. The summed E-state index contributed by atoms with van der Waals surface area (Å²) >= 11 is 0. The zero-order valence-electron chi connectivity index (χ0n) is 10.8. The van der Waals surface area contributed by atoms with Crippen LogP contribution in [0.25, 0.3) is 0 Å². The van der Waals surface area contributed by atoms with Gasteiger partial charge in [-0.2, -0.15) is 15.2 Å². The summed E-state index contributed by atoms with van der Waals surface area (Å²) in [7, 11) is 0. The van der Waals surface area contributed by atoms with E-state index in [-0.39, 0.29) is 0 Å². The number of anilines is 2. The Morgan fingerprint density at radius 1 is 1.32 bits per heavy atom. The van der Waals surface area contributed by atoms with E-state index in [0.717, 1.165) is 12.1 Å². The molecule has 6 heteroatoms. The smallest absolute Gasteiger partial charge is 0.239 e. The Hall–Kier alpha value is -2.37. The Balaban J connectivity index is 2.00. The van der Waals surface area contributed by atoms with Crippen LogP contribution in [0.15, 0.2) is 30.5 Å². The van der Waals surface area contributed by atoms with Crippen LogP contribution in [0, 0.1) is 0 Å². The summed E-state index contributed by atoms with van der Waals surface area (Å²) in [4.78, 5) is 4.32. The molecule has 2 heterocycles. The molecule has 0 saturated heterocycles. The molecule has 0 aliphatic rings. The first-order valence-corrected chi connectivity index (χ1v) is 6.19. The van der Waals surface area contributed by atoms with Crippen LogP contribution < -0.4 is 15.8 Å². The number of nitrogens with zero attached hydrogens (tertiary/aromatic N) is 3. The van der Waals surface area contributed by atoms with E-state index in [9.17, 15) is 0 Å². The lowest BCUT2D eigenvalue weighted by atomic mass is 10.3. The Morgan fingerprint density at radius 3 is 2.95 bits per heavy atom. The van der Waals surface area contributed by atoms with Gasteiger partial charge in [0.15, 0.2) is 0 Å². The third kappa shape index (κ3) is 3.80. The molecule has 0 spiro atoms. The van der Waals surface area contributed by atoms with Crippen molar-refractivity contribution in [2.45, 2.75) is 19.9 Å². The van der Waals surface area contributed by atoms with Crippen molar-refractivity contribution in [3.05, 3.63) is 36.2 Å². The van der Waals surface area contributed by atoms with Gasteiger partial charge in [0.1, 0.15) is 5.82 Å². The van der Waals surface area contributed by atoms with Crippen LogP contribution in [0.4, 0.5) is 11.5 Å². The van der Waals surface area contributed by atoms with Gasteiger partial charge < -0.3 is 15.8 Å². The molecule has 0 atom stereocenters. The fraction of sp³-hybridized carbons (Fsp3) is 0.308. The third-order valence-electron chi connectivity index (χ3n) is 2.41. The monoisotopic (exact) mass is 259 g/mol. The summed E-state index contributed by atoms with van der Waals surface area (Å²) in [5.41, 5.74) is 7.18. The van der Waals surface area contributed by atoms with E-state index in [0.29, 0.717) is 30.5 Å². The third-order valence-corrected chi connectivity index (χ3v) is 2.41. The van der Waals surface area contributed by atoms with Crippen LogP contribution in [0.2, 0.25) is 0 Å². The number of aromatic nitrogens is 3. The zero-order chi connectivity index (χ0) is 13.5. The Kier molecular flexibility index (Phi) is 4.49. The van der Waals surface area contributed by atoms with Crippen molar-refractivity contribution in [3.63, 3.8) is 0 Å². The first kappa shape index (κ1) is 13.1. The molecule has 2 rings (SSSR count). The van der Waals surface area contributed by atoms with Gasteiger partial charge in [0, 0.05) is 6.20 Å². The molecule has 100 valence electrons. The van der Waals surface area contributed by atoms with Crippen molar-refractivity contribution >= 4 is 11.5 Å². The van der Waals surface area contributed by atoms with Gasteiger partial charge in [-0.05, 0) is 30.7 Å². The predicted octanol–water partition coefficient (Wildman–Crippen LogP) is 1.85. The summed E-state index contributed by atoms with van der Waals surface area (Å²) in [5.74, 6) is 1.16. The number of rotatable bonds is 6. The first-order valence-electron chi connectivity index (χ1n) is 6.19. The van der Waals surface area contributed by atoms with Gasteiger partial charge in [-0.1, -0.05) is 6.92 Å². The maximum Gasteiger partial charge on any atom is 0.239 e. The normalized spacial score (nSPS) is 10.2. The SMILES string of the molecule is CCCOc1nc(NCc2cccnn2)ccc1N. The van der Waals surface area contributed by atoms with Crippen molar-refractivity contribution in [2.24, 2.45) is 0 Å². The number of hydrogen-bond acceptors (Lipinski definition) is 6.